The Morgan fingerprint density at radius 1 is 1.00 bits per heavy atom. The fourth-order valence-electron chi connectivity index (χ4n) is 8.02. The van der Waals surface area contributed by atoms with Crippen LogP contribution in [0.4, 0.5) is 0 Å². The number of Topliss-reactive ketones (excluding diaryl/α,β-unsaturated/α-hetero) is 1. The van der Waals surface area contributed by atoms with Crippen LogP contribution in [0.1, 0.15) is 86.1 Å². The summed E-state index contributed by atoms with van der Waals surface area (Å²) in [4.78, 5) is 32.7. The van der Waals surface area contributed by atoms with Gasteiger partial charge in [0, 0.05) is 50.5 Å². The highest BCUT2D eigenvalue weighted by molar-refractivity contribution is 5.83. The number of pyridine rings is 1. The fourth-order valence-corrected chi connectivity index (χ4v) is 8.02. The molecule has 0 radical (unpaired) electrons. The van der Waals surface area contributed by atoms with E-state index in [0.717, 1.165) is 16.5 Å². The number of aliphatic hydroxyl groups is 1. The van der Waals surface area contributed by atoms with Crippen LogP contribution in [-0.2, 0) is 38.0 Å². The van der Waals surface area contributed by atoms with Gasteiger partial charge in [-0.15, -0.1) is 6.58 Å². The standard InChI is InChI=1S/C42H61NO9/c1-11-34-37(45)39(49-19-15-16-31-20-32-17-13-14-18-33(32)43-25-31)29(6)36(44)26(3)21-42(12-2,48-10)22-27(4)38(30(7)40(46)51-34)52-35-24-41(8,47-9)23-28(5)50-35/h12-18,20,25-30,34-35,37-39,45H,2,11,19,21-24H2,1,3-10H3/b16-15+/t26-,27-,28+,29?,30-,34-,35+,37-,38+,39-,41+,42-/m1/s1. The van der Waals surface area contributed by atoms with Crippen LogP contribution in [0.15, 0.2) is 55.3 Å². The zero-order chi connectivity index (χ0) is 38.2. The number of carbonyl (C=O) groups is 2. The summed E-state index contributed by atoms with van der Waals surface area (Å²) in [5, 5.41) is 12.9. The smallest absolute Gasteiger partial charge is 0.311 e. The molecule has 2 aliphatic heterocycles. The van der Waals surface area contributed by atoms with Crippen LogP contribution in [-0.4, -0.2) is 90.7 Å². The minimum absolute atomic E-state index is 0.0921. The lowest BCUT2D eigenvalue weighted by Gasteiger charge is -2.44. The van der Waals surface area contributed by atoms with Gasteiger partial charge in [-0.25, -0.2) is 0 Å². The van der Waals surface area contributed by atoms with Crippen molar-refractivity contribution in [1.82, 2.24) is 4.98 Å². The molecule has 2 fully saturated rings. The number of ketones is 1. The van der Waals surface area contributed by atoms with Crippen molar-refractivity contribution in [2.75, 3.05) is 20.8 Å². The second-order valence-corrected chi connectivity index (χ2v) is 15.3. The summed E-state index contributed by atoms with van der Waals surface area (Å²) < 4.78 is 37.3. The van der Waals surface area contributed by atoms with E-state index in [9.17, 15) is 14.7 Å². The molecule has 2 aromatic rings. The number of fused-ring (bicyclic) bond motifs is 1. The van der Waals surface area contributed by atoms with Crippen molar-refractivity contribution in [3.05, 3.63) is 60.8 Å². The van der Waals surface area contributed by atoms with Crippen LogP contribution in [0.3, 0.4) is 0 Å². The highest BCUT2D eigenvalue weighted by Gasteiger charge is 2.46. The van der Waals surface area contributed by atoms with Crippen LogP contribution in [0, 0.1) is 23.7 Å². The third-order valence-corrected chi connectivity index (χ3v) is 11.1. The molecule has 1 unspecified atom stereocenters. The van der Waals surface area contributed by atoms with Gasteiger partial charge in [0.15, 0.2) is 6.29 Å². The predicted octanol–water partition coefficient (Wildman–Crippen LogP) is 7.11. The summed E-state index contributed by atoms with van der Waals surface area (Å²) in [6.07, 6.45) is 5.00. The second kappa shape index (κ2) is 18.4. The number of carbonyl (C=O) groups excluding carboxylic acids is 2. The van der Waals surface area contributed by atoms with E-state index in [0.29, 0.717) is 32.1 Å². The molecule has 52 heavy (non-hydrogen) atoms. The van der Waals surface area contributed by atoms with Crippen molar-refractivity contribution in [3.8, 4) is 0 Å². The van der Waals surface area contributed by atoms with E-state index in [2.05, 4.69) is 11.6 Å². The average Bonchev–Trinajstić information content (AvgIpc) is 3.13. The maximum absolute atomic E-state index is 14.1. The van der Waals surface area contributed by atoms with Gasteiger partial charge in [-0.1, -0.05) is 64.1 Å². The van der Waals surface area contributed by atoms with Crippen molar-refractivity contribution in [3.63, 3.8) is 0 Å². The first-order chi connectivity index (χ1) is 24.7. The molecule has 10 heteroatoms. The summed E-state index contributed by atoms with van der Waals surface area (Å²) >= 11 is 0. The van der Waals surface area contributed by atoms with Gasteiger partial charge in [-0.2, -0.15) is 0 Å². The summed E-state index contributed by atoms with van der Waals surface area (Å²) in [5.74, 6) is -2.78. The molecular weight excluding hydrogens is 662 g/mol. The second-order valence-electron chi connectivity index (χ2n) is 15.3. The Labute approximate surface area is 310 Å². The van der Waals surface area contributed by atoms with Crippen molar-refractivity contribution in [2.24, 2.45) is 23.7 Å². The Hall–Kier alpha value is -2.99. The van der Waals surface area contributed by atoms with Crippen molar-refractivity contribution in [2.45, 2.75) is 129 Å². The van der Waals surface area contributed by atoms with Crippen LogP contribution >= 0.6 is 0 Å². The summed E-state index contributed by atoms with van der Waals surface area (Å²) in [5.41, 5.74) is 0.451. The number of hydrogen-bond acceptors (Lipinski definition) is 10. The zero-order valence-electron chi connectivity index (χ0n) is 32.6. The maximum Gasteiger partial charge on any atom is 0.311 e. The van der Waals surface area contributed by atoms with E-state index >= 15 is 0 Å². The Balaban J connectivity index is 1.63. The molecule has 10 nitrogen and oxygen atoms in total. The number of hydrogen-bond donors (Lipinski definition) is 1. The first kappa shape index (κ1) is 41.8. The molecule has 1 aromatic heterocycles. The zero-order valence-corrected chi connectivity index (χ0v) is 32.6. The number of ether oxygens (including phenoxy) is 6. The third kappa shape index (κ3) is 10.2. The van der Waals surface area contributed by atoms with Crippen molar-refractivity contribution < 1.29 is 43.1 Å². The van der Waals surface area contributed by atoms with Gasteiger partial charge in [0.2, 0.25) is 0 Å². The van der Waals surface area contributed by atoms with Crippen molar-refractivity contribution >= 4 is 28.7 Å². The molecule has 0 saturated carbocycles. The molecule has 2 aliphatic rings. The van der Waals surface area contributed by atoms with Gasteiger partial charge in [-0.05, 0) is 63.6 Å². The molecule has 0 amide bonds. The average molecular weight is 724 g/mol. The van der Waals surface area contributed by atoms with Gasteiger partial charge in [0.1, 0.15) is 18.0 Å². The summed E-state index contributed by atoms with van der Waals surface area (Å²) in [7, 11) is 3.30. The lowest BCUT2D eigenvalue weighted by Crippen LogP contribution is -2.51. The summed E-state index contributed by atoms with van der Waals surface area (Å²) in [6.45, 7) is 17.5. The molecule has 0 spiro atoms. The number of aliphatic hydroxyl groups excluding tert-OH is 1. The molecule has 1 aromatic carbocycles. The van der Waals surface area contributed by atoms with E-state index in [-0.39, 0.29) is 24.4 Å². The molecule has 1 N–H and O–H groups in total. The van der Waals surface area contributed by atoms with Crippen molar-refractivity contribution in [1.29, 1.82) is 0 Å². The Kier molecular flexibility index (Phi) is 14.7. The topological polar surface area (TPSA) is 123 Å². The highest BCUT2D eigenvalue weighted by atomic mass is 16.7. The third-order valence-electron chi connectivity index (χ3n) is 11.1. The van der Waals surface area contributed by atoms with Crippen LogP contribution < -0.4 is 0 Å². The van der Waals surface area contributed by atoms with Crippen LogP contribution in [0.5, 0.6) is 0 Å². The highest BCUT2D eigenvalue weighted by Crippen LogP contribution is 2.39. The SMILES string of the molecule is C=C[C@@]1(OC)C[C@@H](C)C(=O)C(C)[C@@H](OC/C=C/c2cnc3ccccc3c2)[C@H](O)[C@@H](CC)OC(=O)[C@H](C)[C@@H](O[C@H]2C[C@@](C)(OC)C[C@H](C)O2)[C@H](C)C1. The van der Waals surface area contributed by atoms with Gasteiger partial charge in [-0.3, -0.25) is 14.6 Å². The van der Waals surface area contributed by atoms with E-state index in [1.165, 1.54) is 0 Å². The lowest BCUT2D eigenvalue weighted by molar-refractivity contribution is -0.265. The number of methoxy groups -OCH3 is 2. The summed E-state index contributed by atoms with van der Waals surface area (Å²) in [6, 6.07) is 9.91. The number of para-hydroxylation sites is 1. The Bertz CT molecular complexity index is 1530. The van der Waals surface area contributed by atoms with E-state index < -0.39 is 65.6 Å². The van der Waals surface area contributed by atoms with E-state index in [1.54, 1.807) is 40.3 Å². The molecule has 0 bridgehead atoms. The number of nitrogens with zero attached hydrogens (tertiary/aromatic N) is 1. The quantitative estimate of drug-likeness (QED) is 0.201. The molecule has 288 valence electrons. The first-order valence-electron chi connectivity index (χ1n) is 18.8. The molecule has 4 rings (SSSR count). The number of rotatable bonds is 10. The molecule has 2 saturated heterocycles. The Morgan fingerprint density at radius 3 is 2.40 bits per heavy atom. The maximum atomic E-state index is 14.1. The largest absolute Gasteiger partial charge is 0.459 e. The number of cyclic esters (lactones) is 1. The minimum Gasteiger partial charge on any atom is -0.459 e. The predicted molar refractivity (Wildman–Crippen MR) is 201 cm³/mol. The van der Waals surface area contributed by atoms with Crippen LogP contribution in [0.2, 0.25) is 0 Å². The Morgan fingerprint density at radius 2 is 1.73 bits per heavy atom. The number of esters is 1. The van der Waals surface area contributed by atoms with Gasteiger partial charge < -0.3 is 33.5 Å². The van der Waals surface area contributed by atoms with Gasteiger partial charge in [0.05, 0.1) is 47.6 Å². The number of benzene rings is 1. The molecular formula is C42H61NO9. The number of aromatic nitrogens is 1. The van der Waals surface area contributed by atoms with E-state index in [4.69, 9.17) is 28.4 Å². The molecule has 3 heterocycles. The van der Waals surface area contributed by atoms with Gasteiger partial charge in [0.25, 0.3) is 0 Å². The normalized spacial score (nSPS) is 37.1. The minimum atomic E-state index is -1.28. The lowest BCUT2D eigenvalue weighted by atomic mass is 9.76. The first-order valence-corrected chi connectivity index (χ1v) is 18.8. The molecule has 0 aliphatic carbocycles. The molecule has 12 atom stereocenters. The van der Waals surface area contributed by atoms with E-state index in [1.807, 2.05) is 77.1 Å². The monoisotopic (exact) mass is 723 g/mol. The fraction of sp³-hybridized carbons (Fsp3) is 0.643. The van der Waals surface area contributed by atoms with Crippen LogP contribution in [0.25, 0.3) is 17.0 Å². The van der Waals surface area contributed by atoms with Gasteiger partial charge >= 0.3 is 5.97 Å².